The van der Waals surface area contributed by atoms with Crippen molar-refractivity contribution in [1.29, 1.82) is 0 Å². The molecule has 3 aromatic rings. The number of hydrogen-bond acceptors (Lipinski definition) is 7. The van der Waals surface area contributed by atoms with E-state index in [-0.39, 0.29) is 6.10 Å². The molecule has 0 bridgehead atoms. The Hall–Kier alpha value is -2.16. The summed E-state index contributed by atoms with van der Waals surface area (Å²) in [6.07, 6.45) is 2.00. The molecule has 1 fully saturated rings. The van der Waals surface area contributed by atoms with Crippen molar-refractivity contribution in [3.63, 3.8) is 0 Å². The van der Waals surface area contributed by atoms with Gasteiger partial charge in [0.2, 0.25) is 0 Å². The number of nitrogen functional groups attached to an aromatic ring is 1. The molecule has 142 valence electrons. The van der Waals surface area contributed by atoms with E-state index in [1.807, 2.05) is 17.8 Å². The van der Waals surface area contributed by atoms with E-state index >= 15 is 0 Å². The van der Waals surface area contributed by atoms with Gasteiger partial charge in [0, 0.05) is 43.5 Å². The zero-order valence-electron chi connectivity index (χ0n) is 15.1. The van der Waals surface area contributed by atoms with Crippen LogP contribution in [0.1, 0.15) is 11.3 Å². The summed E-state index contributed by atoms with van der Waals surface area (Å²) in [4.78, 5) is 10.6. The molecular formula is C19H24N6OS. The summed E-state index contributed by atoms with van der Waals surface area (Å²) in [6, 6.07) is 10.5. The van der Waals surface area contributed by atoms with Crippen molar-refractivity contribution in [3.8, 4) is 0 Å². The van der Waals surface area contributed by atoms with Crippen LogP contribution in [0.3, 0.4) is 0 Å². The second kappa shape index (κ2) is 8.24. The molecular weight excluding hydrogens is 360 g/mol. The molecule has 4 N–H and O–H groups in total. The van der Waals surface area contributed by atoms with Gasteiger partial charge < -0.3 is 10.8 Å². The highest BCUT2D eigenvalue weighted by molar-refractivity contribution is 7.98. The Kier molecular flexibility index (Phi) is 5.56. The lowest BCUT2D eigenvalue weighted by atomic mass is 10.1. The maximum Gasteiger partial charge on any atom is 0.155 e. The molecule has 27 heavy (non-hydrogen) atoms. The molecule has 0 amide bonds. The minimum atomic E-state index is -0.259. The normalized spacial score (nSPS) is 20.5. The first-order valence-electron chi connectivity index (χ1n) is 9.16. The lowest BCUT2D eigenvalue weighted by Gasteiger charge is -2.15. The Balaban J connectivity index is 1.27. The van der Waals surface area contributed by atoms with Crippen LogP contribution in [-0.4, -0.2) is 61.7 Å². The van der Waals surface area contributed by atoms with E-state index < -0.39 is 0 Å². The monoisotopic (exact) mass is 384 g/mol. The molecule has 3 heterocycles. The minimum Gasteiger partial charge on any atom is -0.391 e. The van der Waals surface area contributed by atoms with Crippen LogP contribution < -0.4 is 5.73 Å². The lowest BCUT2D eigenvalue weighted by Crippen LogP contribution is -2.24. The second-order valence-electron chi connectivity index (χ2n) is 7.00. The van der Waals surface area contributed by atoms with Crippen molar-refractivity contribution in [2.24, 2.45) is 5.92 Å². The van der Waals surface area contributed by atoms with Crippen molar-refractivity contribution in [1.82, 2.24) is 25.1 Å². The third kappa shape index (κ3) is 4.23. The molecule has 0 unspecified atom stereocenters. The number of aromatic amines is 1. The molecule has 1 aromatic carbocycles. The Bertz CT molecular complexity index is 886. The fourth-order valence-electron chi connectivity index (χ4n) is 3.53. The molecule has 2 atom stereocenters. The van der Waals surface area contributed by atoms with Crippen molar-refractivity contribution >= 4 is 28.6 Å². The number of thioether (sulfide) groups is 1. The molecule has 1 aliphatic heterocycles. The van der Waals surface area contributed by atoms with Crippen LogP contribution in [0.25, 0.3) is 11.0 Å². The predicted molar refractivity (Wildman–Crippen MR) is 108 cm³/mol. The van der Waals surface area contributed by atoms with Crippen LogP contribution in [0.5, 0.6) is 0 Å². The van der Waals surface area contributed by atoms with E-state index in [2.05, 4.69) is 49.3 Å². The van der Waals surface area contributed by atoms with Gasteiger partial charge in [0.05, 0.1) is 11.8 Å². The number of anilines is 1. The van der Waals surface area contributed by atoms with Crippen LogP contribution in [0, 0.1) is 5.92 Å². The number of nitrogens with one attached hydrogen (secondary N) is 1. The fraction of sp³-hybridized carbons (Fsp3) is 0.421. The molecule has 0 saturated carbocycles. The van der Waals surface area contributed by atoms with Crippen molar-refractivity contribution < 1.29 is 5.11 Å². The molecule has 4 rings (SSSR count). The van der Waals surface area contributed by atoms with Gasteiger partial charge in [0.1, 0.15) is 11.8 Å². The maximum atomic E-state index is 10.4. The molecule has 1 aliphatic rings. The number of aromatic nitrogens is 4. The van der Waals surface area contributed by atoms with E-state index in [4.69, 9.17) is 5.73 Å². The average Bonchev–Trinajstić information content (AvgIpc) is 3.25. The molecule has 0 spiro atoms. The molecule has 7 nitrogen and oxygen atoms in total. The summed E-state index contributed by atoms with van der Waals surface area (Å²) in [6.45, 7) is 2.50. The van der Waals surface area contributed by atoms with Gasteiger partial charge in [-0.05, 0) is 5.56 Å². The van der Waals surface area contributed by atoms with Crippen LogP contribution in [-0.2, 0) is 12.2 Å². The number of benzene rings is 1. The number of likely N-dealkylation sites (tertiary alicyclic amines) is 1. The number of nitrogens with two attached hydrogens (primary N) is 1. The summed E-state index contributed by atoms with van der Waals surface area (Å²) in [7, 11) is 0. The number of β-amino-alcohol motifs (C(OH)–C–C–N with tert-alkyl or cyclic N) is 1. The summed E-state index contributed by atoms with van der Waals surface area (Å²) in [5, 5.41) is 17.7. The van der Waals surface area contributed by atoms with Crippen molar-refractivity contribution in [2.75, 3.05) is 31.1 Å². The number of aliphatic hydroxyl groups is 1. The fourth-order valence-corrected chi connectivity index (χ4v) is 4.71. The molecule has 0 aliphatic carbocycles. The predicted octanol–water partition coefficient (Wildman–Crippen LogP) is 1.70. The third-order valence-corrected chi connectivity index (χ3v) is 6.24. The van der Waals surface area contributed by atoms with Crippen LogP contribution in [0.2, 0.25) is 0 Å². The van der Waals surface area contributed by atoms with Crippen molar-refractivity contribution in [2.45, 2.75) is 18.3 Å². The standard InChI is InChI=1S/C19H24N6OS/c20-19-18-17(21-12-22-19)15(23-24-18)6-7-25-8-14(16(26)9-25)11-27-10-13-4-2-1-3-5-13/h1-5,12,14,16,26H,6-11H2,(H,23,24)(H2,20,21,22)/t14-,16+/m1/s1. The number of fused-ring (bicyclic) bond motifs is 1. The van der Waals surface area contributed by atoms with Crippen LogP contribution in [0.15, 0.2) is 36.7 Å². The van der Waals surface area contributed by atoms with Crippen molar-refractivity contribution in [3.05, 3.63) is 47.9 Å². The van der Waals surface area contributed by atoms with Gasteiger partial charge in [0.25, 0.3) is 0 Å². The summed E-state index contributed by atoms with van der Waals surface area (Å²) in [5.41, 5.74) is 9.55. The highest BCUT2D eigenvalue weighted by Crippen LogP contribution is 2.24. The minimum absolute atomic E-state index is 0.259. The number of nitrogens with zero attached hydrogens (tertiary/aromatic N) is 4. The van der Waals surface area contributed by atoms with E-state index in [1.165, 1.54) is 11.9 Å². The van der Waals surface area contributed by atoms with E-state index in [0.29, 0.717) is 17.3 Å². The smallest absolute Gasteiger partial charge is 0.155 e. The number of aliphatic hydroxyl groups excluding tert-OH is 1. The first-order valence-corrected chi connectivity index (χ1v) is 10.3. The van der Waals surface area contributed by atoms with Gasteiger partial charge in [-0.25, -0.2) is 9.97 Å². The van der Waals surface area contributed by atoms with Gasteiger partial charge in [-0.3, -0.25) is 10.00 Å². The van der Waals surface area contributed by atoms with E-state index in [1.54, 1.807) is 0 Å². The topological polar surface area (TPSA) is 104 Å². The average molecular weight is 385 g/mol. The molecule has 2 aromatic heterocycles. The Morgan fingerprint density at radius 2 is 2.04 bits per heavy atom. The Morgan fingerprint density at radius 1 is 1.19 bits per heavy atom. The van der Waals surface area contributed by atoms with Gasteiger partial charge in [-0.2, -0.15) is 16.9 Å². The van der Waals surface area contributed by atoms with Gasteiger partial charge in [-0.1, -0.05) is 30.3 Å². The third-order valence-electron chi connectivity index (χ3n) is 5.04. The highest BCUT2D eigenvalue weighted by Gasteiger charge is 2.30. The van der Waals surface area contributed by atoms with Gasteiger partial charge in [-0.15, -0.1) is 0 Å². The quantitative estimate of drug-likeness (QED) is 0.569. The van der Waals surface area contributed by atoms with Crippen LogP contribution >= 0.6 is 11.8 Å². The lowest BCUT2D eigenvalue weighted by molar-refractivity contribution is 0.150. The van der Waals surface area contributed by atoms with Crippen LogP contribution in [0.4, 0.5) is 5.82 Å². The summed E-state index contributed by atoms with van der Waals surface area (Å²) in [5.74, 6) is 2.68. The largest absolute Gasteiger partial charge is 0.391 e. The summed E-state index contributed by atoms with van der Waals surface area (Å²) < 4.78 is 0. The number of H-pyrrole nitrogens is 1. The Morgan fingerprint density at radius 3 is 2.89 bits per heavy atom. The zero-order chi connectivity index (χ0) is 18.6. The van der Waals surface area contributed by atoms with Gasteiger partial charge in [0.15, 0.2) is 11.3 Å². The molecule has 1 saturated heterocycles. The van der Waals surface area contributed by atoms with Gasteiger partial charge >= 0.3 is 0 Å². The molecule has 8 heteroatoms. The first-order chi connectivity index (χ1) is 13.2. The summed E-state index contributed by atoms with van der Waals surface area (Å²) >= 11 is 1.90. The first kappa shape index (κ1) is 18.2. The van der Waals surface area contributed by atoms with E-state index in [9.17, 15) is 5.11 Å². The second-order valence-corrected chi connectivity index (χ2v) is 8.03. The Labute approximate surface area is 162 Å². The highest BCUT2D eigenvalue weighted by atomic mass is 32.2. The maximum absolute atomic E-state index is 10.4. The number of rotatable bonds is 7. The van der Waals surface area contributed by atoms with E-state index in [0.717, 1.165) is 48.8 Å². The molecule has 0 radical (unpaired) electrons. The SMILES string of the molecule is Nc1ncnc2c(CCN3C[C@H](CSCc4ccccc4)[C@@H](O)C3)[nH]nc12. The number of hydrogen-bond donors (Lipinski definition) is 3. The zero-order valence-corrected chi connectivity index (χ0v) is 15.9.